The lowest BCUT2D eigenvalue weighted by molar-refractivity contribution is -0.158. The highest BCUT2D eigenvalue weighted by Crippen LogP contribution is 2.69. The smallest absolute Gasteiger partial charge is 0.302 e. The maximum Gasteiger partial charge on any atom is 0.302 e. The molecular weight excluding hydrogens is 981 g/mol. The molecule has 78 heavy (non-hydrogen) atoms. The van der Waals surface area contributed by atoms with Crippen molar-refractivity contribution in [2.24, 2.45) is 85.8 Å². The summed E-state index contributed by atoms with van der Waals surface area (Å²) in [6.45, 7) is 21.5. The number of ether oxygens (including phenoxy) is 4. The number of rotatable bonds is 7. The fourth-order valence-corrected chi connectivity index (χ4v) is 21.3. The first-order valence-corrected chi connectivity index (χ1v) is 31.0. The third-order valence-electron chi connectivity index (χ3n) is 25.0. The van der Waals surface area contributed by atoms with Crippen LogP contribution in [0.4, 0.5) is 0 Å². The minimum atomic E-state index is -0.388. The molecule has 11 nitrogen and oxygen atoms in total. The van der Waals surface area contributed by atoms with Gasteiger partial charge in [-0.3, -0.25) is 19.2 Å². The number of carbonyl (C=O) groups is 5. The summed E-state index contributed by atoms with van der Waals surface area (Å²) in [4.78, 5) is 58.4. The van der Waals surface area contributed by atoms with E-state index in [4.69, 9.17) is 18.9 Å². The van der Waals surface area contributed by atoms with E-state index in [2.05, 4.69) is 64.3 Å². The second-order valence-corrected chi connectivity index (χ2v) is 28.1. The number of hydrogen-bond donors (Lipinski definition) is 2. The van der Waals surface area contributed by atoms with E-state index in [1.165, 1.54) is 63.5 Å². The standard InChI is InChI=1S/C24H34O4.C23H32O5.C20H30O2/c1-5-24-13-10-18(27-15(2)25)14-17(24)6-7-19-20-8-9-22(28-16(3)26)23(20,4)12-11-21(19)24;1-14(25)27-17-8-11-23(13-24)16(12-17)4-5-18-19-6-7-21(28-15(2)26)22(19,3)10-9-20(18)23;1-3-20-11-8-14(21)12-13(20)4-5-15-16-6-7-18(22)19(16,2)10-9-17(15)20/h5-6,18-22H,1,7-14H2,2-4H3;4,13,17-21H,5-12H2,1-3H3;3-4,14-18,21-22H,1,5-12H2,2H3/t18-,19?,20?,21?,22-,23-,24-;17-,18?,19?,20?,21-,22-,23+;14-,15?,16?,17?,18-,19-,20-/m000/s1. The van der Waals surface area contributed by atoms with Gasteiger partial charge in [-0.25, -0.2) is 0 Å². The highest BCUT2D eigenvalue weighted by atomic mass is 16.6. The second-order valence-electron chi connectivity index (χ2n) is 28.1. The number of fused-ring (bicyclic) bond motifs is 15. The molecule has 0 bridgehead atoms. The van der Waals surface area contributed by atoms with Crippen LogP contribution >= 0.6 is 0 Å². The fraction of sp³-hybridized carbons (Fsp3) is 0.776. The number of hydrogen-bond acceptors (Lipinski definition) is 11. The van der Waals surface area contributed by atoms with Gasteiger partial charge in [0.15, 0.2) is 0 Å². The fourth-order valence-electron chi connectivity index (χ4n) is 21.3. The molecule has 430 valence electrons. The van der Waals surface area contributed by atoms with E-state index in [1.54, 1.807) is 0 Å². The van der Waals surface area contributed by atoms with Crippen LogP contribution in [-0.2, 0) is 42.9 Å². The van der Waals surface area contributed by atoms with Crippen LogP contribution in [0.2, 0.25) is 0 Å². The molecule has 9 saturated carbocycles. The van der Waals surface area contributed by atoms with Gasteiger partial charge in [0.2, 0.25) is 0 Å². The second kappa shape index (κ2) is 21.8. The highest BCUT2D eigenvalue weighted by Gasteiger charge is 2.63. The lowest BCUT2D eigenvalue weighted by Gasteiger charge is -2.58. The van der Waals surface area contributed by atoms with Crippen molar-refractivity contribution in [2.75, 3.05) is 0 Å². The molecule has 12 aliphatic carbocycles. The molecule has 0 aromatic heterocycles. The minimum absolute atomic E-state index is 0.00760. The lowest BCUT2D eigenvalue weighted by atomic mass is 9.47. The Balaban J connectivity index is 0.000000133. The van der Waals surface area contributed by atoms with Gasteiger partial charge in [-0.05, 0) is 200 Å². The highest BCUT2D eigenvalue weighted by molar-refractivity contribution is 5.69. The van der Waals surface area contributed by atoms with E-state index in [0.717, 1.165) is 135 Å². The van der Waals surface area contributed by atoms with Crippen molar-refractivity contribution in [2.45, 2.75) is 239 Å². The van der Waals surface area contributed by atoms with Gasteiger partial charge in [0.1, 0.15) is 30.7 Å². The first kappa shape index (κ1) is 57.4. The molecule has 9 fully saturated rings. The van der Waals surface area contributed by atoms with E-state index >= 15 is 0 Å². The Hall–Kier alpha value is -3.83. The molecule has 2 N–H and O–H groups in total. The molecule has 0 spiro atoms. The number of allylic oxidation sites excluding steroid dienone is 5. The average molecular weight is 1080 g/mol. The number of esters is 4. The van der Waals surface area contributed by atoms with Crippen molar-refractivity contribution < 1.29 is 53.1 Å². The molecule has 0 radical (unpaired) electrons. The molecule has 11 heteroatoms. The molecule has 0 heterocycles. The van der Waals surface area contributed by atoms with Gasteiger partial charge < -0.3 is 34.0 Å². The quantitative estimate of drug-likeness (QED) is 0.108. The summed E-state index contributed by atoms with van der Waals surface area (Å²) in [7, 11) is 0. The first-order valence-electron chi connectivity index (χ1n) is 31.0. The van der Waals surface area contributed by atoms with Gasteiger partial charge in [0, 0.05) is 62.2 Å². The first-order chi connectivity index (χ1) is 37.1. The Labute approximate surface area is 466 Å². The van der Waals surface area contributed by atoms with Crippen LogP contribution in [-0.4, -0.2) is 77.0 Å². The molecular formula is C67H96O11. The predicted molar refractivity (Wildman–Crippen MR) is 299 cm³/mol. The normalized spacial score (nSPS) is 47.1. The zero-order valence-corrected chi connectivity index (χ0v) is 48.6. The van der Waals surface area contributed by atoms with Gasteiger partial charge in [-0.1, -0.05) is 67.9 Å². The third-order valence-corrected chi connectivity index (χ3v) is 25.0. The summed E-state index contributed by atoms with van der Waals surface area (Å²) < 4.78 is 22.4. The van der Waals surface area contributed by atoms with Gasteiger partial charge in [0.25, 0.3) is 0 Å². The van der Waals surface area contributed by atoms with Crippen LogP contribution in [0, 0.1) is 85.8 Å². The van der Waals surface area contributed by atoms with Crippen LogP contribution in [0.3, 0.4) is 0 Å². The Kier molecular flexibility index (Phi) is 16.1. The van der Waals surface area contributed by atoms with E-state index in [9.17, 15) is 34.2 Å². The Morgan fingerprint density at radius 3 is 1.27 bits per heavy atom. The summed E-state index contributed by atoms with van der Waals surface area (Å²) in [5.41, 5.74) is 4.18. The number of carbonyl (C=O) groups excluding carboxylic acids is 5. The maximum absolute atomic E-state index is 12.5. The van der Waals surface area contributed by atoms with Crippen molar-refractivity contribution in [3.8, 4) is 0 Å². The van der Waals surface area contributed by atoms with E-state index in [1.807, 2.05) is 0 Å². The van der Waals surface area contributed by atoms with Crippen LogP contribution in [0.1, 0.15) is 203 Å². The molecule has 0 saturated heterocycles. The van der Waals surface area contributed by atoms with Crippen LogP contribution in [0.15, 0.2) is 60.3 Å². The molecule has 9 unspecified atom stereocenters. The summed E-state index contributed by atoms with van der Waals surface area (Å²) in [5.74, 6) is 4.47. The molecule has 0 aromatic rings. The van der Waals surface area contributed by atoms with Gasteiger partial charge in [0.05, 0.1) is 17.6 Å². The van der Waals surface area contributed by atoms with Gasteiger partial charge in [-0.15, -0.1) is 13.2 Å². The summed E-state index contributed by atoms with van der Waals surface area (Å²) in [6.07, 6.45) is 36.6. The maximum atomic E-state index is 12.5. The zero-order chi connectivity index (χ0) is 55.7. The monoisotopic (exact) mass is 1080 g/mol. The summed E-state index contributed by atoms with van der Waals surface area (Å²) >= 11 is 0. The van der Waals surface area contributed by atoms with Crippen LogP contribution < -0.4 is 0 Å². The van der Waals surface area contributed by atoms with Crippen LogP contribution in [0.25, 0.3) is 0 Å². The SMILES string of the molecule is C=C[C@]12CC[C@H](O)CC1=CCC1C2CC[C@@]2(C)C1CC[C@@H]2O.C=C[C@]12CC[C@H](OC(C)=O)CC1=CCC1C2CC[C@@]2(C)C1CC[C@@H]2OC(C)=O.CC(=O)O[C@H]1CC[C@@]2(C=O)C(=CCC3C2CC[C@@]2(C)C3CC[C@@H]2OC(C)=O)C1. The molecule has 12 rings (SSSR count). The lowest BCUT2D eigenvalue weighted by Crippen LogP contribution is -2.53. The third kappa shape index (κ3) is 9.60. The topological polar surface area (TPSA) is 163 Å². The van der Waals surface area contributed by atoms with E-state index in [0.29, 0.717) is 59.7 Å². The van der Waals surface area contributed by atoms with Crippen LogP contribution in [0.5, 0.6) is 0 Å². The largest absolute Gasteiger partial charge is 0.462 e. The Bertz CT molecular complexity index is 2330. The van der Waals surface area contributed by atoms with E-state index < -0.39 is 0 Å². The molecule has 0 aliphatic heterocycles. The number of aliphatic hydroxyl groups excluding tert-OH is 2. The van der Waals surface area contributed by atoms with Crippen molar-refractivity contribution in [3.05, 3.63) is 60.3 Å². The van der Waals surface area contributed by atoms with Crippen molar-refractivity contribution in [1.82, 2.24) is 0 Å². The van der Waals surface area contributed by atoms with Gasteiger partial charge >= 0.3 is 23.9 Å². The van der Waals surface area contributed by atoms with Crippen molar-refractivity contribution >= 4 is 30.2 Å². The molecule has 0 aromatic carbocycles. The predicted octanol–water partition coefficient (Wildman–Crippen LogP) is 12.8. The average Bonchev–Trinajstić information content (AvgIpc) is 4.21. The summed E-state index contributed by atoms with van der Waals surface area (Å²) in [5, 5.41) is 20.6. The number of aldehydes is 1. The Morgan fingerprint density at radius 2 is 0.833 bits per heavy atom. The van der Waals surface area contributed by atoms with E-state index in [-0.39, 0.29) is 93.0 Å². The van der Waals surface area contributed by atoms with Crippen molar-refractivity contribution in [3.63, 3.8) is 0 Å². The van der Waals surface area contributed by atoms with Gasteiger partial charge in [-0.2, -0.15) is 0 Å². The summed E-state index contributed by atoms with van der Waals surface area (Å²) in [6, 6.07) is 0. The Morgan fingerprint density at radius 1 is 0.462 bits per heavy atom. The minimum Gasteiger partial charge on any atom is -0.462 e. The molecule has 21 atom stereocenters. The molecule has 0 amide bonds. The number of aliphatic hydroxyl groups is 2. The zero-order valence-electron chi connectivity index (χ0n) is 48.6. The van der Waals surface area contributed by atoms with Crippen molar-refractivity contribution in [1.29, 1.82) is 0 Å². The molecule has 12 aliphatic rings.